The molecule has 0 unspecified atom stereocenters. The van der Waals surface area contributed by atoms with E-state index in [1.165, 1.54) is 5.56 Å². The summed E-state index contributed by atoms with van der Waals surface area (Å²) in [6, 6.07) is 14.4. The van der Waals surface area contributed by atoms with Crippen LogP contribution in [0.4, 0.5) is 11.8 Å². The van der Waals surface area contributed by atoms with Crippen molar-refractivity contribution in [1.29, 1.82) is 0 Å². The van der Waals surface area contributed by atoms with Gasteiger partial charge in [0.25, 0.3) is 0 Å². The molecule has 38 heavy (non-hydrogen) atoms. The van der Waals surface area contributed by atoms with Crippen LogP contribution in [0.25, 0.3) is 0 Å². The van der Waals surface area contributed by atoms with Crippen molar-refractivity contribution < 1.29 is 18.9 Å². The molecular formula is C28H38N6O4. The second-order valence-electron chi connectivity index (χ2n) is 9.21. The number of nitrogens with two attached hydrogens (primary N) is 2. The molecule has 0 saturated carbocycles. The zero-order valence-electron chi connectivity index (χ0n) is 22.3. The zero-order valence-corrected chi connectivity index (χ0v) is 22.3. The molecule has 1 saturated heterocycles. The molecule has 2 heterocycles. The number of aromatic nitrogens is 2. The number of nitrogen functional groups attached to an aromatic ring is 2. The fraction of sp³-hybridized carbons (Fsp3) is 0.429. The lowest BCUT2D eigenvalue weighted by Gasteiger charge is -2.34. The summed E-state index contributed by atoms with van der Waals surface area (Å²) >= 11 is 0. The van der Waals surface area contributed by atoms with Gasteiger partial charge in [0.1, 0.15) is 12.4 Å². The molecule has 1 aliphatic rings. The van der Waals surface area contributed by atoms with E-state index >= 15 is 0 Å². The van der Waals surface area contributed by atoms with Gasteiger partial charge in [0.15, 0.2) is 11.5 Å². The molecule has 10 heteroatoms. The van der Waals surface area contributed by atoms with Gasteiger partial charge < -0.3 is 30.4 Å². The van der Waals surface area contributed by atoms with Crippen LogP contribution in [0.2, 0.25) is 0 Å². The van der Waals surface area contributed by atoms with Gasteiger partial charge in [0.2, 0.25) is 11.7 Å². The quantitative estimate of drug-likeness (QED) is 0.324. The number of hydrogen-bond acceptors (Lipinski definition) is 10. The first kappa shape index (κ1) is 27.4. The van der Waals surface area contributed by atoms with Crippen molar-refractivity contribution >= 4 is 11.8 Å². The van der Waals surface area contributed by atoms with E-state index in [2.05, 4.69) is 50.1 Å². The minimum atomic E-state index is 0.147. The van der Waals surface area contributed by atoms with E-state index < -0.39 is 0 Å². The predicted octanol–water partition coefficient (Wildman–Crippen LogP) is 2.46. The maximum Gasteiger partial charge on any atom is 0.221 e. The topological polar surface area (TPSA) is 121 Å². The molecule has 4 N–H and O–H groups in total. The Kier molecular flexibility index (Phi) is 9.97. The predicted molar refractivity (Wildman–Crippen MR) is 148 cm³/mol. The smallest absolute Gasteiger partial charge is 0.221 e. The zero-order chi connectivity index (χ0) is 26.7. The number of ether oxygens (including phenoxy) is 4. The van der Waals surface area contributed by atoms with Gasteiger partial charge in [0.05, 0.1) is 27.4 Å². The Balaban J connectivity index is 1.19. The summed E-state index contributed by atoms with van der Waals surface area (Å²) in [5.41, 5.74) is 14.7. The molecule has 1 aliphatic heterocycles. The van der Waals surface area contributed by atoms with Crippen LogP contribution < -0.4 is 25.7 Å². The number of methoxy groups -OCH3 is 2. The van der Waals surface area contributed by atoms with Crippen LogP contribution in [0, 0.1) is 0 Å². The van der Waals surface area contributed by atoms with Gasteiger partial charge in [-0.05, 0) is 23.3 Å². The van der Waals surface area contributed by atoms with Crippen molar-refractivity contribution in [1.82, 2.24) is 19.8 Å². The molecule has 204 valence electrons. The lowest BCUT2D eigenvalue weighted by Crippen LogP contribution is -2.46. The minimum absolute atomic E-state index is 0.147. The minimum Gasteiger partial charge on any atom is -0.493 e. The first-order valence-electron chi connectivity index (χ1n) is 12.9. The fourth-order valence-corrected chi connectivity index (χ4v) is 4.48. The molecular weight excluding hydrogens is 484 g/mol. The molecule has 4 rings (SSSR count). The number of nitrogens with zero attached hydrogens (tertiary/aromatic N) is 4. The van der Waals surface area contributed by atoms with Crippen molar-refractivity contribution in [3.05, 3.63) is 65.4 Å². The number of benzene rings is 2. The van der Waals surface area contributed by atoms with Crippen LogP contribution >= 0.6 is 0 Å². The van der Waals surface area contributed by atoms with Crippen molar-refractivity contribution in [2.75, 3.05) is 78.2 Å². The van der Waals surface area contributed by atoms with Crippen molar-refractivity contribution in [2.45, 2.75) is 13.0 Å². The molecule has 0 aliphatic carbocycles. The van der Waals surface area contributed by atoms with E-state index in [9.17, 15) is 0 Å². The van der Waals surface area contributed by atoms with Crippen LogP contribution in [0.3, 0.4) is 0 Å². The van der Waals surface area contributed by atoms with Crippen LogP contribution in [-0.4, -0.2) is 86.5 Å². The fourth-order valence-electron chi connectivity index (χ4n) is 4.48. The highest BCUT2D eigenvalue weighted by Gasteiger charge is 2.18. The van der Waals surface area contributed by atoms with E-state index in [1.807, 2.05) is 12.1 Å². The molecule has 0 atom stereocenters. The third-order valence-electron chi connectivity index (χ3n) is 6.57. The molecule has 0 amide bonds. The summed E-state index contributed by atoms with van der Waals surface area (Å²) in [5, 5.41) is 0. The maximum absolute atomic E-state index is 6.00. The lowest BCUT2D eigenvalue weighted by atomic mass is 10.1. The SMILES string of the molecule is COc1cc(Cc2cnc(N)nc2N)cc(OC)c1OCCOCCN1CCN(Cc2ccccc2)CC1. The summed E-state index contributed by atoms with van der Waals surface area (Å²) in [5.74, 6) is 2.18. The van der Waals surface area contributed by atoms with Crippen LogP contribution in [0.1, 0.15) is 16.7 Å². The summed E-state index contributed by atoms with van der Waals surface area (Å²) in [4.78, 5) is 13.0. The number of piperazine rings is 1. The first-order valence-corrected chi connectivity index (χ1v) is 12.9. The van der Waals surface area contributed by atoms with Gasteiger partial charge in [0, 0.05) is 57.4 Å². The molecule has 2 aromatic carbocycles. The molecule has 0 spiro atoms. The summed E-state index contributed by atoms with van der Waals surface area (Å²) in [7, 11) is 3.20. The van der Waals surface area contributed by atoms with Crippen molar-refractivity contribution in [2.24, 2.45) is 0 Å². The monoisotopic (exact) mass is 522 g/mol. The Hall–Kier alpha value is -3.60. The van der Waals surface area contributed by atoms with Crippen LogP contribution in [0.5, 0.6) is 17.2 Å². The number of rotatable bonds is 13. The largest absolute Gasteiger partial charge is 0.493 e. The maximum atomic E-state index is 6.00. The Morgan fingerprint density at radius 1 is 0.842 bits per heavy atom. The van der Waals surface area contributed by atoms with E-state index in [0.29, 0.717) is 49.3 Å². The third kappa shape index (κ3) is 7.70. The molecule has 3 aromatic rings. The molecule has 0 radical (unpaired) electrons. The van der Waals surface area contributed by atoms with Gasteiger partial charge in [-0.15, -0.1) is 0 Å². The van der Waals surface area contributed by atoms with E-state index in [-0.39, 0.29) is 5.95 Å². The lowest BCUT2D eigenvalue weighted by molar-refractivity contribution is 0.0594. The van der Waals surface area contributed by atoms with Gasteiger partial charge in [-0.2, -0.15) is 4.98 Å². The summed E-state index contributed by atoms with van der Waals surface area (Å²) < 4.78 is 23.0. The first-order chi connectivity index (χ1) is 18.6. The Bertz CT molecular complexity index is 1130. The summed E-state index contributed by atoms with van der Waals surface area (Å²) in [6.45, 7) is 7.72. The second-order valence-corrected chi connectivity index (χ2v) is 9.21. The van der Waals surface area contributed by atoms with E-state index in [0.717, 1.165) is 50.4 Å². The van der Waals surface area contributed by atoms with Gasteiger partial charge >= 0.3 is 0 Å². The van der Waals surface area contributed by atoms with Crippen molar-refractivity contribution in [3.8, 4) is 17.2 Å². The normalized spacial score (nSPS) is 14.4. The van der Waals surface area contributed by atoms with Crippen LogP contribution in [-0.2, 0) is 17.7 Å². The summed E-state index contributed by atoms with van der Waals surface area (Å²) in [6.07, 6.45) is 2.13. The van der Waals surface area contributed by atoms with Gasteiger partial charge in [-0.1, -0.05) is 30.3 Å². The highest BCUT2D eigenvalue weighted by atomic mass is 16.6. The molecule has 1 aromatic heterocycles. The molecule has 1 fully saturated rings. The molecule has 0 bridgehead atoms. The third-order valence-corrected chi connectivity index (χ3v) is 6.57. The van der Waals surface area contributed by atoms with Gasteiger partial charge in [-0.3, -0.25) is 9.80 Å². The highest BCUT2D eigenvalue weighted by molar-refractivity contribution is 5.55. The van der Waals surface area contributed by atoms with Crippen LogP contribution in [0.15, 0.2) is 48.7 Å². The van der Waals surface area contributed by atoms with E-state index in [1.54, 1.807) is 20.4 Å². The average Bonchev–Trinajstić information content (AvgIpc) is 2.93. The van der Waals surface area contributed by atoms with Gasteiger partial charge in [-0.25, -0.2) is 4.98 Å². The Labute approximate surface area is 224 Å². The number of hydrogen-bond donors (Lipinski definition) is 2. The Morgan fingerprint density at radius 2 is 1.53 bits per heavy atom. The van der Waals surface area contributed by atoms with E-state index in [4.69, 9.17) is 30.4 Å². The Morgan fingerprint density at radius 3 is 2.18 bits per heavy atom. The standard InChI is InChI=1S/C28H38N6O4/c1-35-24-17-22(16-23-19-31-28(30)32-27(23)29)18-25(36-2)26(24)38-15-14-37-13-12-33-8-10-34(11-9-33)20-21-6-4-3-5-7-21/h3-7,17-19H,8-16,20H2,1-2H3,(H4,29,30,31,32). The highest BCUT2D eigenvalue weighted by Crippen LogP contribution is 2.39. The second kappa shape index (κ2) is 13.8. The average molecular weight is 523 g/mol. The van der Waals surface area contributed by atoms with Crippen molar-refractivity contribution in [3.63, 3.8) is 0 Å². The number of anilines is 2. The molecule has 10 nitrogen and oxygen atoms in total.